The maximum absolute atomic E-state index is 13.0. The van der Waals surface area contributed by atoms with Crippen molar-refractivity contribution >= 4 is 23.4 Å². The number of nitrogens with zero attached hydrogens (tertiary/aromatic N) is 1. The second kappa shape index (κ2) is 9.15. The summed E-state index contributed by atoms with van der Waals surface area (Å²) >= 11 is 6.01. The molecule has 0 bridgehead atoms. The largest absolute Gasteiger partial charge is 0.345 e. The van der Waals surface area contributed by atoms with Crippen LogP contribution in [0.15, 0.2) is 48.5 Å². The molecule has 0 saturated heterocycles. The van der Waals surface area contributed by atoms with Gasteiger partial charge in [0.25, 0.3) is 5.91 Å². The fourth-order valence-corrected chi connectivity index (χ4v) is 3.91. The highest BCUT2D eigenvalue weighted by Gasteiger charge is 2.42. The predicted octanol–water partition coefficient (Wildman–Crippen LogP) is 4.02. The summed E-state index contributed by atoms with van der Waals surface area (Å²) < 4.78 is 0. The molecule has 3 rings (SSSR count). The average Bonchev–Trinajstić information content (AvgIpc) is 3.22. The number of hydrogen-bond acceptors (Lipinski definition) is 2. The Morgan fingerprint density at radius 3 is 2.24 bits per heavy atom. The van der Waals surface area contributed by atoms with E-state index in [1.807, 2.05) is 36.4 Å². The van der Waals surface area contributed by atoms with Gasteiger partial charge in [0, 0.05) is 30.2 Å². The normalized spacial score (nSPS) is 14.6. The number of hydrogen-bond donors (Lipinski definition) is 1. The molecule has 2 amide bonds. The maximum Gasteiger partial charge on any atom is 0.253 e. The monoisotopic (exact) mass is 408 g/mol. The maximum atomic E-state index is 13.0. The second-order valence-corrected chi connectivity index (χ2v) is 7.99. The Labute approximate surface area is 177 Å². The highest BCUT2D eigenvalue weighted by Crippen LogP contribution is 2.41. The van der Waals surface area contributed by atoms with E-state index in [1.54, 1.807) is 26.2 Å². The number of halogens is 1. The lowest BCUT2D eigenvalue weighted by Crippen LogP contribution is -2.42. The van der Waals surface area contributed by atoms with Gasteiger partial charge in [-0.3, -0.25) is 9.59 Å². The number of amides is 2. The van der Waals surface area contributed by atoms with Crippen LogP contribution in [-0.2, 0) is 10.2 Å². The van der Waals surface area contributed by atoms with Gasteiger partial charge in [-0.1, -0.05) is 48.4 Å². The zero-order chi connectivity index (χ0) is 20.9. The molecule has 0 unspecified atom stereocenters. The van der Waals surface area contributed by atoms with Crippen molar-refractivity contribution in [2.75, 3.05) is 20.6 Å². The van der Waals surface area contributed by atoms with Crippen molar-refractivity contribution in [1.29, 1.82) is 0 Å². The Morgan fingerprint density at radius 2 is 1.66 bits per heavy atom. The number of nitrogens with one attached hydrogen (secondary N) is 1. The van der Waals surface area contributed by atoms with Crippen LogP contribution in [0.1, 0.15) is 47.2 Å². The standard InChI is InChI=1S/C24H25ClN2O2/c1-27(2)22(28)19-9-7-18(8-10-19)6-5-17-26-23(29)24(15-3-4-16-24)20-11-13-21(25)14-12-20/h7-14H,3-4,15-17H2,1-2H3,(H,26,29). The van der Waals surface area contributed by atoms with Gasteiger partial charge < -0.3 is 10.2 Å². The first kappa shape index (κ1) is 21.0. The molecule has 1 aliphatic rings. The molecule has 1 saturated carbocycles. The van der Waals surface area contributed by atoms with E-state index in [0.717, 1.165) is 36.8 Å². The molecule has 150 valence electrons. The van der Waals surface area contributed by atoms with Gasteiger partial charge in [-0.2, -0.15) is 0 Å². The van der Waals surface area contributed by atoms with Crippen LogP contribution >= 0.6 is 11.6 Å². The lowest BCUT2D eigenvalue weighted by Gasteiger charge is -2.28. The van der Waals surface area contributed by atoms with Crippen LogP contribution in [-0.4, -0.2) is 37.4 Å². The van der Waals surface area contributed by atoms with Gasteiger partial charge in [0.15, 0.2) is 0 Å². The highest BCUT2D eigenvalue weighted by atomic mass is 35.5. The van der Waals surface area contributed by atoms with E-state index in [1.165, 1.54) is 4.90 Å². The second-order valence-electron chi connectivity index (χ2n) is 7.56. The third-order valence-corrected chi connectivity index (χ3v) is 5.65. The zero-order valence-electron chi connectivity index (χ0n) is 16.8. The Morgan fingerprint density at radius 1 is 1.03 bits per heavy atom. The molecule has 2 aromatic carbocycles. The zero-order valence-corrected chi connectivity index (χ0v) is 17.6. The highest BCUT2D eigenvalue weighted by molar-refractivity contribution is 6.30. The van der Waals surface area contributed by atoms with E-state index in [9.17, 15) is 9.59 Å². The molecular formula is C24H25ClN2O2. The van der Waals surface area contributed by atoms with Crippen LogP contribution < -0.4 is 5.32 Å². The molecule has 1 fully saturated rings. The van der Waals surface area contributed by atoms with Gasteiger partial charge in [-0.15, -0.1) is 0 Å². The number of rotatable bonds is 4. The van der Waals surface area contributed by atoms with Crippen LogP contribution in [0.2, 0.25) is 5.02 Å². The van der Waals surface area contributed by atoms with Crippen molar-refractivity contribution in [3.05, 3.63) is 70.2 Å². The van der Waals surface area contributed by atoms with E-state index >= 15 is 0 Å². The van der Waals surface area contributed by atoms with E-state index in [4.69, 9.17) is 11.6 Å². The Balaban J connectivity index is 1.63. The molecule has 5 heteroatoms. The molecule has 0 radical (unpaired) electrons. The third kappa shape index (κ3) is 4.81. The molecule has 1 N–H and O–H groups in total. The summed E-state index contributed by atoms with van der Waals surface area (Å²) in [5.74, 6) is 6.03. The number of carbonyl (C=O) groups excluding carboxylic acids is 2. The van der Waals surface area contributed by atoms with E-state index in [-0.39, 0.29) is 18.4 Å². The molecule has 2 aromatic rings. The molecule has 4 nitrogen and oxygen atoms in total. The fourth-order valence-electron chi connectivity index (χ4n) is 3.79. The molecular weight excluding hydrogens is 384 g/mol. The van der Waals surface area contributed by atoms with Crippen molar-refractivity contribution in [1.82, 2.24) is 10.2 Å². The minimum atomic E-state index is -0.486. The van der Waals surface area contributed by atoms with Gasteiger partial charge in [0.1, 0.15) is 0 Å². The van der Waals surface area contributed by atoms with Crippen molar-refractivity contribution in [2.24, 2.45) is 0 Å². The predicted molar refractivity (Wildman–Crippen MR) is 116 cm³/mol. The molecule has 1 aliphatic carbocycles. The van der Waals surface area contributed by atoms with E-state index in [0.29, 0.717) is 10.6 Å². The van der Waals surface area contributed by atoms with Crippen LogP contribution in [0.4, 0.5) is 0 Å². The Kier molecular flexibility index (Phi) is 6.61. The van der Waals surface area contributed by atoms with Gasteiger partial charge >= 0.3 is 0 Å². The number of carbonyl (C=O) groups is 2. The van der Waals surface area contributed by atoms with Crippen molar-refractivity contribution in [3.63, 3.8) is 0 Å². The molecule has 0 spiro atoms. The average molecular weight is 409 g/mol. The quantitative estimate of drug-likeness (QED) is 0.777. The van der Waals surface area contributed by atoms with Crippen molar-refractivity contribution in [3.8, 4) is 11.8 Å². The first-order valence-corrected chi connectivity index (χ1v) is 10.2. The summed E-state index contributed by atoms with van der Waals surface area (Å²) in [5.41, 5.74) is 1.97. The summed E-state index contributed by atoms with van der Waals surface area (Å²) in [4.78, 5) is 26.4. The van der Waals surface area contributed by atoms with Crippen LogP contribution in [0.5, 0.6) is 0 Å². The third-order valence-electron chi connectivity index (χ3n) is 5.40. The molecule has 29 heavy (non-hydrogen) atoms. The topological polar surface area (TPSA) is 49.4 Å². The smallest absolute Gasteiger partial charge is 0.253 e. The first-order valence-electron chi connectivity index (χ1n) is 9.77. The first-order chi connectivity index (χ1) is 13.9. The number of benzene rings is 2. The lowest BCUT2D eigenvalue weighted by molar-refractivity contribution is -0.126. The molecule has 0 atom stereocenters. The summed E-state index contributed by atoms with van der Waals surface area (Å²) in [6.45, 7) is 0.284. The Hall–Kier alpha value is -2.77. The molecule has 0 aliphatic heterocycles. The molecule has 0 aromatic heterocycles. The minimum Gasteiger partial charge on any atom is -0.345 e. The van der Waals surface area contributed by atoms with Crippen LogP contribution in [0, 0.1) is 11.8 Å². The SMILES string of the molecule is CN(C)C(=O)c1ccc(C#CCNC(=O)C2(c3ccc(Cl)cc3)CCCC2)cc1. The van der Waals surface area contributed by atoms with Gasteiger partial charge in [-0.05, 0) is 54.8 Å². The summed E-state index contributed by atoms with van der Waals surface area (Å²) in [7, 11) is 3.44. The Bertz CT molecular complexity index is 932. The van der Waals surface area contributed by atoms with Crippen LogP contribution in [0.3, 0.4) is 0 Å². The minimum absolute atomic E-state index is 0.0264. The van der Waals surface area contributed by atoms with Crippen molar-refractivity contribution in [2.45, 2.75) is 31.1 Å². The lowest BCUT2D eigenvalue weighted by atomic mass is 9.78. The summed E-state index contributed by atoms with van der Waals surface area (Å²) in [6, 6.07) is 14.8. The van der Waals surface area contributed by atoms with E-state index in [2.05, 4.69) is 17.2 Å². The van der Waals surface area contributed by atoms with Crippen LogP contribution in [0.25, 0.3) is 0 Å². The van der Waals surface area contributed by atoms with Gasteiger partial charge in [0.2, 0.25) is 5.91 Å². The van der Waals surface area contributed by atoms with Gasteiger partial charge in [-0.25, -0.2) is 0 Å². The van der Waals surface area contributed by atoms with Crippen molar-refractivity contribution < 1.29 is 9.59 Å². The summed E-state index contributed by atoms with van der Waals surface area (Å²) in [5, 5.41) is 3.66. The summed E-state index contributed by atoms with van der Waals surface area (Å²) in [6.07, 6.45) is 3.77. The fraction of sp³-hybridized carbons (Fsp3) is 0.333. The van der Waals surface area contributed by atoms with Gasteiger partial charge in [0.05, 0.1) is 12.0 Å². The molecule has 0 heterocycles. The van der Waals surface area contributed by atoms with E-state index < -0.39 is 5.41 Å².